The zero-order valence-electron chi connectivity index (χ0n) is 10.9. The third kappa shape index (κ3) is 4.36. The normalized spacial score (nSPS) is 10.4. The highest BCUT2D eigenvalue weighted by atomic mass is 127. The molecule has 0 saturated carbocycles. The molecule has 2 nitrogen and oxygen atoms in total. The topological polar surface area (TPSA) is 21.3 Å². The molecule has 2 aromatic carbocycles. The Bertz CT molecular complexity index is 564. The average Bonchev–Trinajstić information content (AvgIpc) is 2.42. The van der Waals surface area contributed by atoms with Gasteiger partial charge in [0.1, 0.15) is 5.75 Å². The van der Waals surface area contributed by atoms with Gasteiger partial charge >= 0.3 is 0 Å². The van der Waals surface area contributed by atoms with Crippen molar-refractivity contribution in [1.82, 2.24) is 0 Å². The van der Waals surface area contributed by atoms with Crippen LogP contribution in [0.1, 0.15) is 12.5 Å². The summed E-state index contributed by atoms with van der Waals surface area (Å²) in [6, 6.07) is 12.5. The third-order valence-corrected chi connectivity index (χ3v) is 4.58. The Hall–Kier alpha value is -0.270. The van der Waals surface area contributed by atoms with E-state index < -0.39 is 0 Å². The molecule has 2 aromatic rings. The molecule has 0 amide bonds. The highest BCUT2D eigenvalue weighted by Gasteiger charge is 2.08. The molecule has 0 aliphatic carbocycles. The van der Waals surface area contributed by atoms with Gasteiger partial charge in [0.2, 0.25) is 0 Å². The molecular formula is C15H14Br2INO. The summed E-state index contributed by atoms with van der Waals surface area (Å²) >= 11 is 9.40. The number of rotatable bonds is 5. The first-order valence-corrected chi connectivity index (χ1v) is 8.86. The first kappa shape index (κ1) is 16.1. The second-order valence-corrected chi connectivity index (χ2v) is 7.14. The van der Waals surface area contributed by atoms with Crippen molar-refractivity contribution in [2.24, 2.45) is 0 Å². The van der Waals surface area contributed by atoms with Crippen LogP contribution < -0.4 is 10.1 Å². The van der Waals surface area contributed by atoms with Crippen molar-refractivity contribution < 1.29 is 4.74 Å². The maximum Gasteiger partial charge on any atom is 0.147 e. The Kier molecular flexibility index (Phi) is 6.17. The summed E-state index contributed by atoms with van der Waals surface area (Å²) in [7, 11) is 0. The summed E-state index contributed by atoms with van der Waals surface area (Å²) in [5.74, 6) is 0.852. The predicted molar refractivity (Wildman–Crippen MR) is 99.5 cm³/mol. The van der Waals surface area contributed by atoms with E-state index in [9.17, 15) is 0 Å². The van der Waals surface area contributed by atoms with E-state index in [1.165, 1.54) is 9.13 Å². The van der Waals surface area contributed by atoms with Gasteiger partial charge in [-0.15, -0.1) is 0 Å². The van der Waals surface area contributed by atoms with Crippen LogP contribution >= 0.6 is 54.5 Å². The fourth-order valence-corrected chi connectivity index (χ4v) is 3.64. The molecular weight excluding hydrogens is 497 g/mol. The highest BCUT2D eigenvalue weighted by molar-refractivity contribution is 14.1. The summed E-state index contributed by atoms with van der Waals surface area (Å²) < 4.78 is 8.75. The van der Waals surface area contributed by atoms with Gasteiger partial charge in [0, 0.05) is 15.8 Å². The van der Waals surface area contributed by atoms with Crippen molar-refractivity contribution in [3.05, 3.63) is 54.5 Å². The van der Waals surface area contributed by atoms with Crippen LogP contribution in [0.3, 0.4) is 0 Å². The molecule has 1 N–H and O–H groups in total. The summed E-state index contributed by atoms with van der Waals surface area (Å²) in [5.41, 5.74) is 2.30. The minimum Gasteiger partial charge on any atom is -0.492 e. The largest absolute Gasteiger partial charge is 0.492 e. The van der Waals surface area contributed by atoms with Gasteiger partial charge in [0.15, 0.2) is 0 Å². The van der Waals surface area contributed by atoms with E-state index in [1.54, 1.807) is 0 Å². The number of benzene rings is 2. The van der Waals surface area contributed by atoms with Crippen LogP contribution in [-0.2, 0) is 6.54 Å². The van der Waals surface area contributed by atoms with Crippen LogP contribution in [-0.4, -0.2) is 6.61 Å². The van der Waals surface area contributed by atoms with Crippen molar-refractivity contribution in [2.45, 2.75) is 13.5 Å². The summed E-state index contributed by atoms with van der Waals surface area (Å²) in [5, 5.41) is 3.41. The smallest absolute Gasteiger partial charge is 0.147 e. The third-order valence-electron chi connectivity index (χ3n) is 2.69. The predicted octanol–water partition coefficient (Wildman–Crippen LogP) is 5.83. The van der Waals surface area contributed by atoms with Gasteiger partial charge in [0.25, 0.3) is 0 Å². The molecule has 0 radical (unpaired) electrons. The highest BCUT2D eigenvalue weighted by Crippen LogP contribution is 2.35. The first-order valence-electron chi connectivity index (χ1n) is 6.20. The maximum atomic E-state index is 5.58. The van der Waals surface area contributed by atoms with Gasteiger partial charge in [0.05, 0.1) is 15.6 Å². The van der Waals surface area contributed by atoms with E-state index in [-0.39, 0.29) is 0 Å². The minimum atomic E-state index is 0.650. The van der Waals surface area contributed by atoms with Crippen LogP contribution in [0.2, 0.25) is 0 Å². The quantitative estimate of drug-likeness (QED) is 0.511. The fraction of sp³-hybridized carbons (Fsp3) is 0.200. The van der Waals surface area contributed by atoms with E-state index in [2.05, 4.69) is 96.2 Å². The Morgan fingerprint density at radius 2 is 1.70 bits per heavy atom. The van der Waals surface area contributed by atoms with Gasteiger partial charge in [-0.25, -0.2) is 0 Å². The summed E-state index contributed by atoms with van der Waals surface area (Å²) in [4.78, 5) is 0. The number of hydrogen-bond donors (Lipinski definition) is 1. The van der Waals surface area contributed by atoms with Gasteiger partial charge in [-0.2, -0.15) is 0 Å². The van der Waals surface area contributed by atoms with Crippen LogP contribution in [0.25, 0.3) is 0 Å². The van der Waals surface area contributed by atoms with Crippen molar-refractivity contribution in [2.75, 3.05) is 11.9 Å². The number of nitrogens with one attached hydrogen (secondary N) is 1. The second-order valence-electron chi connectivity index (χ2n) is 4.18. The second kappa shape index (κ2) is 7.66. The number of anilines is 1. The number of hydrogen-bond acceptors (Lipinski definition) is 2. The van der Waals surface area contributed by atoms with Crippen molar-refractivity contribution >= 4 is 60.1 Å². The van der Waals surface area contributed by atoms with Gasteiger partial charge in [-0.05, 0) is 103 Å². The molecule has 20 heavy (non-hydrogen) atoms. The zero-order valence-corrected chi connectivity index (χ0v) is 16.2. The fourth-order valence-electron chi connectivity index (χ4n) is 1.77. The Morgan fingerprint density at radius 3 is 2.25 bits per heavy atom. The molecule has 0 spiro atoms. The molecule has 0 fully saturated rings. The van der Waals surface area contributed by atoms with E-state index in [0.29, 0.717) is 6.61 Å². The SMILES string of the molecule is CCOc1c(Br)cc(CNc2ccc(I)cc2)cc1Br. The Balaban J connectivity index is 2.08. The molecule has 0 aliphatic heterocycles. The molecule has 0 aliphatic rings. The Morgan fingerprint density at radius 1 is 1.10 bits per heavy atom. The van der Waals surface area contributed by atoms with Crippen LogP contribution in [0.15, 0.2) is 45.3 Å². The van der Waals surface area contributed by atoms with Gasteiger partial charge in [-0.3, -0.25) is 0 Å². The van der Waals surface area contributed by atoms with Gasteiger partial charge in [-0.1, -0.05) is 0 Å². The minimum absolute atomic E-state index is 0.650. The first-order chi connectivity index (χ1) is 9.60. The molecule has 5 heteroatoms. The van der Waals surface area contributed by atoms with E-state index >= 15 is 0 Å². The number of ether oxygens (including phenoxy) is 1. The van der Waals surface area contributed by atoms with E-state index in [0.717, 1.165) is 26.9 Å². The maximum absolute atomic E-state index is 5.58. The molecule has 0 aromatic heterocycles. The molecule has 0 atom stereocenters. The molecule has 0 saturated heterocycles. The summed E-state index contributed by atoms with van der Waals surface area (Å²) in [6.07, 6.45) is 0. The number of halogens is 3. The lowest BCUT2D eigenvalue weighted by atomic mass is 10.2. The molecule has 0 unspecified atom stereocenters. The van der Waals surface area contributed by atoms with Crippen molar-refractivity contribution in [3.63, 3.8) is 0 Å². The molecule has 0 bridgehead atoms. The van der Waals surface area contributed by atoms with Crippen LogP contribution in [0.5, 0.6) is 5.75 Å². The molecule has 106 valence electrons. The lowest BCUT2D eigenvalue weighted by Crippen LogP contribution is -2.01. The zero-order chi connectivity index (χ0) is 14.5. The lowest BCUT2D eigenvalue weighted by molar-refractivity contribution is 0.336. The van der Waals surface area contributed by atoms with Gasteiger partial charge < -0.3 is 10.1 Å². The molecule has 0 heterocycles. The van der Waals surface area contributed by atoms with Crippen molar-refractivity contribution in [3.8, 4) is 5.75 Å². The lowest BCUT2D eigenvalue weighted by Gasteiger charge is -2.12. The average molecular weight is 511 g/mol. The monoisotopic (exact) mass is 509 g/mol. The van der Waals surface area contributed by atoms with E-state index in [1.807, 2.05) is 6.92 Å². The van der Waals surface area contributed by atoms with E-state index in [4.69, 9.17) is 4.74 Å². The Labute approximate surface area is 149 Å². The van der Waals surface area contributed by atoms with Crippen LogP contribution in [0, 0.1) is 3.57 Å². The molecule has 2 rings (SSSR count). The van der Waals surface area contributed by atoms with Crippen LogP contribution in [0.4, 0.5) is 5.69 Å². The van der Waals surface area contributed by atoms with Crippen molar-refractivity contribution in [1.29, 1.82) is 0 Å². The summed E-state index contributed by atoms with van der Waals surface area (Å²) in [6.45, 7) is 3.40. The standard InChI is InChI=1S/C15H14Br2INO/c1-2-20-15-13(16)7-10(8-14(15)17)9-19-12-5-3-11(18)4-6-12/h3-8,19H,2,9H2,1H3.